The topological polar surface area (TPSA) is 69.4 Å². The van der Waals surface area contributed by atoms with Crippen molar-refractivity contribution in [3.63, 3.8) is 0 Å². The van der Waals surface area contributed by atoms with Crippen molar-refractivity contribution in [2.45, 2.75) is 38.3 Å². The maximum Gasteiger partial charge on any atom is 0.147 e. The van der Waals surface area contributed by atoms with E-state index in [0.29, 0.717) is 25.2 Å². The van der Waals surface area contributed by atoms with E-state index >= 15 is 0 Å². The quantitative estimate of drug-likeness (QED) is 0.895. The third kappa shape index (κ3) is 2.61. The van der Waals surface area contributed by atoms with Gasteiger partial charge in [0, 0.05) is 31.3 Å². The van der Waals surface area contributed by atoms with E-state index in [1.165, 1.54) is 0 Å². The molecule has 0 aromatic carbocycles. The second-order valence-corrected chi connectivity index (χ2v) is 5.94. The number of aryl methyl sites for hydroxylation is 1. The zero-order valence-electron chi connectivity index (χ0n) is 12.3. The van der Waals surface area contributed by atoms with Crippen LogP contribution in [0.4, 0.5) is 5.82 Å². The number of nitriles is 1. The Kier molecular flexibility index (Phi) is 4.09. The molecule has 0 aliphatic carbocycles. The number of aromatic nitrogens is 1. The highest BCUT2D eigenvalue weighted by atomic mass is 16.5. The van der Waals surface area contributed by atoms with Gasteiger partial charge in [0.1, 0.15) is 11.9 Å². The molecule has 1 aromatic rings. The van der Waals surface area contributed by atoms with Crippen LogP contribution in [0.1, 0.15) is 30.4 Å². The largest absolute Gasteiger partial charge is 0.393 e. The Morgan fingerprint density at radius 2 is 2.33 bits per heavy atom. The summed E-state index contributed by atoms with van der Waals surface area (Å²) in [5.74, 6) is 0.868. The lowest BCUT2D eigenvalue weighted by atomic mass is 9.89. The summed E-state index contributed by atoms with van der Waals surface area (Å²) in [6.45, 7) is 4.05. The molecular weight excluding hydrogens is 266 g/mol. The van der Waals surface area contributed by atoms with Crippen molar-refractivity contribution < 1.29 is 9.84 Å². The molecule has 2 fully saturated rings. The zero-order valence-corrected chi connectivity index (χ0v) is 12.3. The van der Waals surface area contributed by atoms with Crippen molar-refractivity contribution in [2.75, 3.05) is 24.7 Å². The smallest absolute Gasteiger partial charge is 0.147 e. The van der Waals surface area contributed by atoms with Crippen LogP contribution in [-0.4, -0.2) is 42.0 Å². The van der Waals surface area contributed by atoms with E-state index in [1.54, 1.807) is 6.20 Å². The summed E-state index contributed by atoms with van der Waals surface area (Å²) >= 11 is 0. The molecule has 5 heteroatoms. The van der Waals surface area contributed by atoms with Gasteiger partial charge in [-0.2, -0.15) is 5.26 Å². The summed E-state index contributed by atoms with van der Waals surface area (Å²) in [6, 6.07) is 4.35. The van der Waals surface area contributed by atoms with Gasteiger partial charge in [0.05, 0.1) is 18.3 Å². The number of pyridine rings is 1. The molecular formula is C16H21N3O2. The second-order valence-electron chi connectivity index (χ2n) is 5.94. The Bertz CT molecular complexity index is 555. The molecule has 2 saturated heterocycles. The van der Waals surface area contributed by atoms with E-state index in [2.05, 4.69) is 16.0 Å². The lowest BCUT2D eigenvalue weighted by molar-refractivity contribution is -0.0438. The van der Waals surface area contributed by atoms with Crippen molar-refractivity contribution in [3.05, 3.63) is 23.4 Å². The van der Waals surface area contributed by atoms with Crippen molar-refractivity contribution in [3.8, 4) is 6.07 Å². The number of ether oxygens (including phenoxy) is 1. The number of rotatable bonds is 2. The molecule has 3 heterocycles. The van der Waals surface area contributed by atoms with Crippen molar-refractivity contribution in [1.29, 1.82) is 5.26 Å². The minimum atomic E-state index is -0.320. The Morgan fingerprint density at radius 1 is 1.48 bits per heavy atom. The summed E-state index contributed by atoms with van der Waals surface area (Å²) < 4.78 is 5.56. The zero-order chi connectivity index (χ0) is 14.8. The van der Waals surface area contributed by atoms with Crippen LogP contribution in [0.15, 0.2) is 12.3 Å². The molecule has 5 nitrogen and oxygen atoms in total. The lowest BCUT2D eigenvalue weighted by Crippen LogP contribution is -2.46. The Morgan fingerprint density at radius 3 is 3.10 bits per heavy atom. The van der Waals surface area contributed by atoms with Gasteiger partial charge in [-0.3, -0.25) is 0 Å². The highest BCUT2D eigenvalue weighted by molar-refractivity contribution is 5.58. The van der Waals surface area contributed by atoms with Crippen LogP contribution in [0.25, 0.3) is 0 Å². The fraction of sp³-hybridized carbons (Fsp3) is 0.625. The molecule has 0 saturated carbocycles. The average molecular weight is 287 g/mol. The minimum absolute atomic E-state index is 0.107. The molecule has 3 atom stereocenters. The summed E-state index contributed by atoms with van der Waals surface area (Å²) in [5.41, 5.74) is 1.60. The first-order valence-electron chi connectivity index (χ1n) is 7.60. The minimum Gasteiger partial charge on any atom is -0.393 e. The number of anilines is 1. The number of aliphatic hydroxyl groups excluding tert-OH is 1. The van der Waals surface area contributed by atoms with E-state index in [0.717, 1.165) is 30.8 Å². The number of hydrogen-bond acceptors (Lipinski definition) is 5. The van der Waals surface area contributed by atoms with Crippen LogP contribution in [0.3, 0.4) is 0 Å². The van der Waals surface area contributed by atoms with Crippen LogP contribution >= 0.6 is 0 Å². The summed E-state index contributed by atoms with van der Waals surface area (Å²) in [5, 5.41) is 19.7. The van der Waals surface area contributed by atoms with Crippen LogP contribution in [0.5, 0.6) is 0 Å². The molecule has 2 aliphatic rings. The molecule has 1 aromatic heterocycles. The second kappa shape index (κ2) is 6.00. The molecule has 0 unspecified atom stereocenters. The highest BCUT2D eigenvalue weighted by Gasteiger charge is 2.38. The van der Waals surface area contributed by atoms with Gasteiger partial charge in [-0.05, 0) is 37.8 Å². The maximum atomic E-state index is 10.3. The van der Waals surface area contributed by atoms with Gasteiger partial charge in [-0.25, -0.2) is 4.98 Å². The van der Waals surface area contributed by atoms with Gasteiger partial charge in [0.2, 0.25) is 0 Å². The van der Waals surface area contributed by atoms with E-state index in [-0.39, 0.29) is 18.1 Å². The highest BCUT2D eigenvalue weighted by Crippen LogP contribution is 2.34. The van der Waals surface area contributed by atoms with Crippen molar-refractivity contribution in [1.82, 2.24) is 4.98 Å². The van der Waals surface area contributed by atoms with Crippen LogP contribution < -0.4 is 4.90 Å². The normalized spacial score (nSPS) is 29.4. The number of nitrogens with zero attached hydrogens (tertiary/aromatic N) is 3. The van der Waals surface area contributed by atoms with Gasteiger partial charge < -0.3 is 14.7 Å². The van der Waals surface area contributed by atoms with E-state index < -0.39 is 0 Å². The number of hydrogen-bond donors (Lipinski definition) is 1. The standard InChI is InChI=1S/C16H21N3O2/c1-11-4-6-18-16(12(11)9-17)19-7-2-3-14(19)13-10-21-8-5-15(13)20/h4,6,13-15,20H,2-3,5,7-8,10H2,1H3/t13-,14+,15-/m0/s1. The maximum absolute atomic E-state index is 10.3. The summed E-state index contributed by atoms with van der Waals surface area (Å²) in [6.07, 6.45) is 4.22. The molecule has 1 N–H and O–H groups in total. The summed E-state index contributed by atoms with van der Waals surface area (Å²) in [7, 11) is 0. The van der Waals surface area contributed by atoms with Gasteiger partial charge >= 0.3 is 0 Å². The molecule has 0 radical (unpaired) electrons. The predicted molar refractivity (Wildman–Crippen MR) is 79.0 cm³/mol. The molecule has 0 amide bonds. The van der Waals surface area contributed by atoms with Gasteiger partial charge in [-0.15, -0.1) is 0 Å². The van der Waals surface area contributed by atoms with E-state index in [9.17, 15) is 10.4 Å². The molecule has 0 spiro atoms. The first kappa shape index (κ1) is 14.3. The Balaban J connectivity index is 1.91. The molecule has 21 heavy (non-hydrogen) atoms. The monoisotopic (exact) mass is 287 g/mol. The van der Waals surface area contributed by atoms with Crippen LogP contribution in [-0.2, 0) is 4.74 Å². The Hall–Kier alpha value is -1.64. The fourth-order valence-electron chi connectivity index (χ4n) is 3.52. The average Bonchev–Trinajstić information content (AvgIpc) is 2.96. The molecule has 112 valence electrons. The van der Waals surface area contributed by atoms with Gasteiger partial charge in [0.25, 0.3) is 0 Å². The first-order valence-corrected chi connectivity index (χ1v) is 7.60. The number of aliphatic hydroxyl groups is 1. The van der Waals surface area contributed by atoms with Crippen molar-refractivity contribution in [2.24, 2.45) is 5.92 Å². The summed E-state index contributed by atoms with van der Waals surface area (Å²) in [4.78, 5) is 6.65. The van der Waals surface area contributed by atoms with Gasteiger partial charge in [-0.1, -0.05) is 0 Å². The van der Waals surface area contributed by atoms with E-state index in [4.69, 9.17) is 4.74 Å². The third-order valence-corrected chi connectivity index (χ3v) is 4.68. The Labute approximate surface area is 125 Å². The van der Waals surface area contributed by atoms with E-state index in [1.807, 2.05) is 13.0 Å². The third-order valence-electron chi connectivity index (χ3n) is 4.68. The van der Waals surface area contributed by atoms with Gasteiger partial charge in [0.15, 0.2) is 0 Å². The molecule has 2 aliphatic heterocycles. The molecule has 3 rings (SSSR count). The molecule has 0 bridgehead atoms. The van der Waals surface area contributed by atoms with Crippen molar-refractivity contribution >= 4 is 5.82 Å². The van der Waals surface area contributed by atoms with Crippen LogP contribution in [0.2, 0.25) is 0 Å². The fourth-order valence-corrected chi connectivity index (χ4v) is 3.52. The predicted octanol–water partition coefficient (Wildman–Crippen LogP) is 1.63. The SMILES string of the molecule is Cc1ccnc(N2CCC[C@@H]2[C@@H]2COCC[C@@H]2O)c1C#N. The van der Waals surface area contributed by atoms with Crippen LogP contribution in [0, 0.1) is 24.2 Å². The lowest BCUT2D eigenvalue weighted by Gasteiger charge is -2.37. The first-order chi connectivity index (χ1) is 10.2.